The Morgan fingerprint density at radius 2 is 1.54 bits per heavy atom. The number of hydrogen-bond donors (Lipinski definition) is 3. The molecule has 0 aliphatic heterocycles. The molecule has 0 bridgehead atoms. The Labute approximate surface area is 163 Å². The van der Waals surface area contributed by atoms with Gasteiger partial charge in [-0.05, 0) is 19.3 Å². The smallest absolute Gasteiger partial charge is 0.242 e. The molecule has 138 valence electrons. The summed E-state index contributed by atoms with van der Waals surface area (Å²) in [5, 5.41) is 8.31. The summed E-state index contributed by atoms with van der Waals surface area (Å²) >= 11 is 11.5. The molecule has 0 heterocycles. The summed E-state index contributed by atoms with van der Waals surface area (Å²) in [6, 6.07) is -0.681. The van der Waals surface area contributed by atoms with E-state index in [1.165, 1.54) is 0 Å². The summed E-state index contributed by atoms with van der Waals surface area (Å²) in [4.78, 5) is 45.8. The largest absolute Gasteiger partial charge is 0.355 e. The lowest BCUT2D eigenvalue weighted by Gasteiger charge is -2.18. The SMILES string of the molecule is O=C(CCl)CCCNC(=O)[C@H](CCCNC(=O)CBr)NC(=O)CBr. The highest BCUT2D eigenvalue weighted by Crippen LogP contribution is 1.99. The minimum atomic E-state index is -0.681. The first kappa shape index (κ1) is 23.3. The van der Waals surface area contributed by atoms with Gasteiger partial charge in [0.25, 0.3) is 0 Å². The van der Waals surface area contributed by atoms with Crippen LogP contribution >= 0.6 is 43.5 Å². The zero-order valence-electron chi connectivity index (χ0n) is 13.2. The number of nitrogens with one attached hydrogen (secondary N) is 3. The molecule has 10 heteroatoms. The van der Waals surface area contributed by atoms with Crippen LogP contribution in [0.15, 0.2) is 0 Å². The topological polar surface area (TPSA) is 104 Å². The molecular formula is C14H22Br2ClN3O4. The number of carbonyl (C=O) groups is 4. The Morgan fingerprint density at radius 1 is 0.917 bits per heavy atom. The van der Waals surface area contributed by atoms with Gasteiger partial charge in [-0.2, -0.15) is 0 Å². The van der Waals surface area contributed by atoms with Crippen molar-refractivity contribution >= 4 is 67.0 Å². The summed E-state index contributed by atoms with van der Waals surface area (Å²) in [5.74, 6) is -0.841. The van der Waals surface area contributed by atoms with E-state index in [2.05, 4.69) is 47.8 Å². The molecule has 0 radical (unpaired) electrons. The Morgan fingerprint density at radius 3 is 2.12 bits per heavy atom. The lowest BCUT2D eigenvalue weighted by Crippen LogP contribution is -2.47. The monoisotopic (exact) mass is 489 g/mol. The van der Waals surface area contributed by atoms with Crippen LogP contribution in [0.3, 0.4) is 0 Å². The molecule has 0 fully saturated rings. The molecule has 0 saturated carbocycles. The van der Waals surface area contributed by atoms with Gasteiger partial charge in [-0.15, -0.1) is 11.6 Å². The second-order valence-corrected chi connectivity index (χ2v) is 6.34. The fourth-order valence-electron chi connectivity index (χ4n) is 1.77. The Hall–Kier alpha value is -0.670. The molecule has 0 aliphatic carbocycles. The summed E-state index contributed by atoms with van der Waals surface area (Å²) in [6.45, 7) is 0.755. The zero-order valence-corrected chi connectivity index (χ0v) is 17.1. The quantitative estimate of drug-likeness (QED) is 0.263. The van der Waals surface area contributed by atoms with Gasteiger partial charge in [0, 0.05) is 19.5 Å². The van der Waals surface area contributed by atoms with E-state index in [1.807, 2.05) is 0 Å². The van der Waals surface area contributed by atoms with E-state index < -0.39 is 6.04 Å². The minimum absolute atomic E-state index is 0.0298. The van der Waals surface area contributed by atoms with Crippen molar-refractivity contribution in [3.63, 3.8) is 0 Å². The maximum atomic E-state index is 12.1. The van der Waals surface area contributed by atoms with Crippen LogP contribution in [-0.4, -0.2) is 59.2 Å². The van der Waals surface area contributed by atoms with Crippen molar-refractivity contribution < 1.29 is 19.2 Å². The van der Waals surface area contributed by atoms with Crippen LogP contribution in [0, 0.1) is 0 Å². The van der Waals surface area contributed by atoms with Gasteiger partial charge in [-0.3, -0.25) is 19.2 Å². The van der Waals surface area contributed by atoms with Crippen molar-refractivity contribution in [2.45, 2.75) is 31.7 Å². The highest BCUT2D eigenvalue weighted by atomic mass is 79.9. The van der Waals surface area contributed by atoms with Crippen LogP contribution in [0.2, 0.25) is 0 Å². The lowest BCUT2D eigenvalue weighted by molar-refractivity contribution is -0.128. The van der Waals surface area contributed by atoms with Crippen molar-refractivity contribution in [1.29, 1.82) is 0 Å². The second kappa shape index (κ2) is 14.7. The maximum Gasteiger partial charge on any atom is 0.242 e. The molecule has 24 heavy (non-hydrogen) atoms. The standard InChI is InChI=1S/C14H22Br2ClN3O4/c15-7-12(22)18-5-2-4-11(20-13(23)8-16)14(24)19-6-1-3-10(21)9-17/h11H,1-9H2,(H,18,22)(H,19,24)(H,20,23)/t11-/m0/s1. The number of Topliss-reactive ketones (excluding diaryl/α,β-unsaturated/α-hetero) is 1. The summed E-state index contributed by atoms with van der Waals surface area (Å²) in [5.41, 5.74) is 0. The predicted molar refractivity (Wildman–Crippen MR) is 99.7 cm³/mol. The molecule has 3 amide bonds. The van der Waals surface area contributed by atoms with Gasteiger partial charge in [-0.1, -0.05) is 31.9 Å². The maximum absolute atomic E-state index is 12.1. The summed E-state index contributed by atoms with van der Waals surface area (Å²) in [6.07, 6.45) is 1.75. The van der Waals surface area contributed by atoms with E-state index in [0.717, 1.165) is 0 Å². The third-order valence-electron chi connectivity index (χ3n) is 2.97. The molecule has 0 rings (SSSR count). The molecule has 0 aromatic heterocycles. The van der Waals surface area contributed by atoms with Gasteiger partial charge in [-0.25, -0.2) is 0 Å². The molecule has 0 aromatic carbocycles. The van der Waals surface area contributed by atoms with Crippen LogP contribution < -0.4 is 16.0 Å². The van der Waals surface area contributed by atoms with Crippen LogP contribution in [0.5, 0.6) is 0 Å². The highest BCUT2D eigenvalue weighted by molar-refractivity contribution is 9.09. The van der Waals surface area contributed by atoms with Crippen molar-refractivity contribution in [3.05, 3.63) is 0 Å². The summed E-state index contributed by atoms with van der Waals surface area (Å²) < 4.78 is 0. The molecule has 7 nitrogen and oxygen atoms in total. The van der Waals surface area contributed by atoms with E-state index >= 15 is 0 Å². The van der Waals surface area contributed by atoms with Crippen LogP contribution in [-0.2, 0) is 19.2 Å². The van der Waals surface area contributed by atoms with E-state index in [0.29, 0.717) is 38.8 Å². The van der Waals surface area contributed by atoms with Gasteiger partial charge in [0.05, 0.1) is 16.5 Å². The number of carbonyl (C=O) groups excluding carboxylic acids is 4. The molecule has 3 N–H and O–H groups in total. The number of hydrogen-bond acceptors (Lipinski definition) is 4. The van der Waals surface area contributed by atoms with E-state index in [4.69, 9.17) is 11.6 Å². The van der Waals surface area contributed by atoms with Crippen LogP contribution in [0.1, 0.15) is 25.7 Å². The average molecular weight is 492 g/mol. The first-order valence-electron chi connectivity index (χ1n) is 7.48. The number of halogens is 3. The Kier molecular flexibility index (Phi) is 14.2. The Balaban J connectivity index is 4.26. The van der Waals surface area contributed by atoms with Crippen molar-refractivity contribution in [2.75, 3.05) is 29.6 Å². The third-order valence-corrected chi connectivity index (χ3v) is 4.28. The van der Waals surface area contributed by atoms with Crippen molar-refractivity contribution in [1.82, 2.24) is 16.0 Å². The molecular weight excluding hydrogens is 469 g/mol. The first-order valence-corrected chi connectivity index (χ1v) is 10.3. The minimum Gasteiger partial charge on any atom is -0.355 e. The zero-order chi connectivity index (χ0) is 18.4. The molecule has 0 saturated heterocycles. The van der Waals surface area contributed by atoms with E-state index in [9.17, 15) is 19.2 Å². The van der Waals surface area contributed by atoms with Gasteiger partial charge < -0.3 is 16.0 Å². The second-order valence-electron chi connectivity index (χ2n) is 4.95. The van der Waals surface area contributed by atoms with Crippen LogP contribution in [0.25, 0.3) is 0 Å². The number of ketones is 1. The third kappa shape index (κ3) is 11.8. The number of rotatable bonds is 13. The molecule has 0 aliphatic rings. The van der Waals surface area contributed by atoms with Gasteiger partial charge in [0.2, 0.25) is 17.7 Å². The first-order chi connectivity index (χ1) is 11.4. The highest BCUT2D eigenvalue weighted by Gasteiger charge is 2.19. The van der Waals surface area contributed by atoms with E-state index in [-0.39, 0.29) is 40.0 Å². The van der Waals surface area contributed by atoms with E-state index in [1.54, 1.807) is 0 Å². The van der Waals surface area contributed by atoms with Crippen molar-refractivity contribution in [3.8, 4) is 0 Å². The summed E-state index contributed by atoms with van der Waals surface area (Å²) in [7, 11) is 0. The van der Waals surface area contributed by atoms with Gasteiger partial charge in [0.15, 0.2) is 0 Å². The van der Waals surface area contributed by atoms with Gasteiger partial charge in [0.1, 0.15) is 11.8 Å². The average Bonchev–Trinajstić information content (AvgIpc) is 2.59. The normalized spacial score (nSPS) is 11.5. The lowest BCUT2D eigenvalue weighted by atomic mass is 10.1. The van der Waals surface area contributed by atoms with Gasteiger partial charge >= 0.3 is 0 Å². The Bertz CT molecular complexity index is 438. The molecule has 0 unspecified atom stereocenters. The molecule has 0 spiro atoms. The molecule has 1 atom stereocenters. The predicted octanol–water partition coefficient (Wildman–Crippen LogP) is 0.862. The fraction of sp³-hybridized carbons (Fsp3) is 0.714. The van der Waals surface area contributed by atoms with Crippen LogP contribution in [0.4, 0.5) is 0 Å². The van der Waals surface area contributed by atoms with Crippen molar-refractivity contribution in [2.24, 2.45) is 0 Å². The number of alkyl halides is 3. The number of amides is 3. The fourth-order valence-corrected chi connectivity index (χ4v) is 2.26. The molecule has 0 aromatic rings.